The van der Waals surface area contributed by atoms with Crippen LogP contribution < -0.4 is 14.9 Å². The number of imide groups is 1. The molecule has 0 aliphatic carbocycles. The Balaban J connectivity index is 0.000000310. The van der Waals surface area contributed by atoms with Gasteiger partial charge in [0.2, 0.25) is 5.95 Å². The molecule has 0 saturated carbocycles. The zero-order valence-electron chi connectivity index (χ0n) is 38.0. The lowest BCUT2D eigenvalue weighted by Crippen LogP contribution is -2.44. The van der Waals surface area contributed by atoms with Crippen molar-refractivity contribution in [3.05, 3.63) is 111 Å². The third kappa shape index (κ3) is 13.4. The Morgan fingerprint density at radius 2 is 1.68 bits per heavy atom. The van der Waals surface area contributed by atoms with Crippen LogP contribution in [0.1, 0.15) is 149 Å². The topological polar surface area (TPSA) is 155 Å². The van der Waals surface area contributed by atoms with Gasteiger partial charge in [-0.1, -0.05) is 104 Å². The summed E-state index contributed by atoms with van der Waals surface area (Å²) in [6.07, 6.45) is 7.09. The molecule has 3 aromatic carbocycles. The lowest BCUT2D eigenvalue weighted by molar-refractivity contribution is -0.122. The summed E-state index contributed by atoms with van der Waals surface area (Å²) < 4.78 is 13.7. The molecule has 0 spiro atoms. The number of aryl methyl sites for hydroxylation is 1. The Kier molecular flexibility index (Phi) is 18.7. The minimum atomic E-state index is -0.873. The van der Waals surface area contributed by atoms with Crippen LogP contribution in [-0.4, -0.2) is 61.9 Å². The van der Waals surface area contributed by atoms with Crippen molar-refractivity contribution in [3.63, 3.8) is 0 Å². The van der Waals surface area contributed by atoms with E-state index in [4.69, 9.17) is 21.1 Å². The number of Topliss-reactive ketones (excluding diaryl/α,β-unsaturated/α-hetero) is 2. The van der Waals surface area contributed by atoms with Gasteiger partial charge in [0.05, 0.1) is 39.6 Å². The maximum absolute atomic E-state index is 12.7. The van der Waals surface area contributed by atoms with Crippen molar-refractivity contribution in [2.75, 3.05) is 12.5 Å². The van der Waals surface area contributed by atoms with Gasteiger partial charge in [-0.15, -0.1) is 0 Å². The number of hydrazine groups is 1. The number of hydrogen-bond donors (Lipinski definition) is 2. The molecule has 12 nitrogen and oxygen atoms in total. The number of nitrogens with zero attached hydrogens (tertiary/aromatic N) is 5. The summed E-state index contributed by atoms with van der Waals surface area (Å²) in [6, 6.07) is 20.2. The third-order valence-corrected chi connectivity index (χ3v) is 11.7. The van der Waals surface area contributed by atoms with Crippen LogP contribution in [-0.2, 0) is 28.0 Å². The van der Waals surface area contributed by atoms with Gasteiger partial charge in [-0.2, -0.15) is 9.68 Å². The predicted molar refractivity (Wildman–Crippen MR) is 250 cm³/mol. The number of benzene rings is 3. The quantitative estimate of drug-likeness (QED) is 0.0466. The normalized spacial score (nSPS) is 13.7. The van der Waals surface area contributed by atoms with E-state index in [2.05, 4.69) is 68.9 Å². The van der Waals surface area contributed by atoms with Crippen LogP contribution >= 0.6 is 24.4 Å². The van der Waals surface area contributed by atoms with Crippen LogP contribution in [0, 0.1) is 17.2 Å². The number of rotatable bonds is 21. The van der Waals surface area contributed by atoms with Crippen LogP contribution in [0.2, 0.25) is 5.02 Å². The van der Waals surface area contributed by atoms with Gasteiger partial charge in [-0.3, -0.25) is 29.5 Å². The molecule has 4 aromatic rings. The fraction of sp³-hybridized carbons (Fsp3) is 0.449. The van der Waals surface area contributed by atoms with Crippen LogP contribution in [0.15, 0.2) is 66.9 Å². The van der Waals surface area contributed by atoms with Gasteiger partial charge in [-0.25, -0.2) is 9.97 Å². The maximum atomic E-state index is 12.7. The molecule has 0 fully saturated rings. The lowest BCUT2D eigenvalue weighted by Gasteiger charge is -2.28. The molecule has 0 radical (unpaired) electrons. The largest absolute Gasteiger partial charge is 0.487 e. The Morgan fingerprint density at radius 1 is 0.984 bits per heavy atom. The molecule has 63 heavy (non-hydrogen) atoms. The van der Waals surface area contributed by atoms with Crippen LogP contribution in [0.25, 0.3) is 0 Å². The third-order valence-electron chi connectivity index (χ3n) is 11.3. The molecule has 1 N–H and O–H groups in total. The van der Waals surface area contributed by atoms with Gasteiger partial charge in [0.1, 0.15) is 24.2 Å². The van der Waals surface area contributed by atoms with Gasteiger partial charge >= 0.3 is 0 Å². The minimum absolute atomic E-state index is 0.0168. The van der Waals surface area contributed by atoms with E-state index in [9.17, 15) is 24.4 Å². The highest BCUT2D eigenvalue weighted by Crippen LogP contribution is 2.39. The van der Waals surface area contributed by atoms with Crippen LogP contribution in [0.5, 0.6) is 11.5 Å². The first-order valence-corrected chi connectivity index (χ1v) is 22.4. The molecule has 0 bridgehead atoms. The monoisotopic (exact) mass is 896 g/mol. The zero-order valence-corrected chi connectivity index (χ0v) is 39.6. The summed E-state index contributed by atoms with van der Waals surface area (Å²) in [6.45, 7) is 16.2. The summed E-state index contributed by atoms with van der Waals surface area (Å²) in [4.78, 5) is 58.4. The number of aromatic nitrogens is 2. The molecule has 3 atom stereocenters. The average molecular weight is 898 g/mol. The number of thiol groups is 1. The Hall–Kier alpha value is -5.29. The molecule has 0 saturated heterocycles. The molecule has 5 rings (SSSR count). The smallest absolute Gasteiger partial charge is 0.262 e. The van der Waals surface area contributed by atoms with Crippen LogP contribution in [0.3, 0.4) is 0 Å². The standard InChI is InChI=1S/C30H38ClN5O2S.C19H23NO4/c1-7-20(3)15-25(8-2)38-28-21(18-32)16-23(17-27(28)31)30(4,5)22-9-11-26(12-10-22)37-19-24-13-14-33-29(34-24)35-36(6)39;1-4-6-13-7-9-15-16(11-13)19(24)20(18(15)23)17(12(3)21)10-8-14(22)5-2/h9-14,16-17,20,25,39H,7-8,15,19H2,1-6H3,(H,33,34,35);7,9,11,17H,4-6,8,10H2,1-3H3. The molecule has 2 heterocycles. The van der Waals surface area contributed by atoms with Gasteiger partial charge in [0, 0.05) is 31.5 Å². The van der Waals surface area contributed by atoms with Crippen molar-refractivity contribution < 1.29 is 28.7 Å². The number of anilines is 1. The molecule has 2 amide bonds. The summed E-state index contributed by atoms with van der Waals surface area (Å²) in [5.41, 5.74) is 7.40. The molecule has 1 aromatic heterocycles. The fourth-order valence-electron chi connectivity index (χ4n) is 7.23. The predicted octanol–water partition coefficient (Wildman–Crippen LogP) is 10.6. The van der Waals surface area contributed by atoms with Crippen molar-refractivity contribution in [1.29, 1.82) is 5.26 Å². The van der Waals surface area contributed by atoms with Crippen molar-refractivity contribution >= 4 is 53.7 Å². The van der Waals surface area contributed by atoms with Crippen molar-refractivity contribution in [2.24, 2.45) is 5.92 Å². The first-order chi connectivity index (χ1) is 30.0. The van der Waals surface area contributed by atoms with Gasteiger partial charge in [0.25, 0.3) is 11.8 Å². The van der Waals surface area contributed by atoms with E-state index in [0.717, 1.165) is 65.1 Å². The highest BCUT2D eigenvalue weighted by molar-refractivity contribution is 7.77. The number of hydrogen-bond acceptors (Lipinski definition) is 12. The van der Waals surface area contributed by atoms with E-state index >= 15 is 0 Å². The van der Waals surface area contributed by atoms with E-state index in [1.165, 1.54) is 11.3 Å². The Bertz CT molecular complexity index is 2280. The number of halogens is 1. The second-order valence-electron chi connectivity index (χ2n) is 16.5. The number of nitrogens with one attached hydrogen (secondary N) is 1. The summed E-state index contributed by atoms with van der Waals surface area (Å²) in [5, 5.41) is 10.4. The molecular weight excluding hydrogens is 836 g/mol. The maximum Gasteiger partial charge on any atom is 0.262 e. The number of carbonyl (C=O) groups excluding carboxylic acids is 4. The van der Waals surface area contributed by atoms with E-state index in [-0.39, 0.29) is 30.5 Å². The fourth-order valence-corrected chi connectivity index (χ4v) is 7.58. The summed E-state index contributed by atoms with van der Waals surface area (Å²) in [5.74, 6) is 1.05. The van der Waals surface area contributed by atoms with Crippen molar-refractivity contribution in [3.8, 4) is 17.6 Å². The van der Waals surface area contributed by atoms with E-state index in [1.54, 1.807) is 38.4 Å². The van der Waals surface area contributed by atoms with E-state index in [0.29, 0.717) is 52.4 Å². The number of carbonyl (C=O) groups is 4. The second-order valence-corrected chi connectivity index (χ2v) is 17.5. The molecule has 3 unspecified atom stereocenters. The average Bonchev–Trinajstić information content (AvgIpc) is 3.50. The zero-order chi connectivity index (χ0) is 46.4. The first-order valence-electron chi connectivity index (χ1n) is 21.7. The van der Waals surface area contributed by atoms with E-state index in [1.807, 2.05) is 49.4 Å². The lowest BCUT2D eigenvalue weighted by atomic mass is 9.77. The Morgan fingerprint density at radius 3 is 2.29 bits per heavy atom. The number of fused-ring (bicyclic) bond motifs is 1. The Labute approximate surface area is 383 Å². The summed E-state index contributed by atoms with van der Waals surface area (Å²) in [7, 11) is 1.74. The number of amides is 2. The van der Waals surface area contributed by atoms with E-state index < -0.39 is 23.3 Å². The number of nitriles is 1. The van der Waals surface area contributed by atoms with Crippen LogP contribution in [0.4, 0.5) is 5.95 Å². The molecule has 1 aliphatic heterocycles. The highest BCUT2D eigenvalue weighted by atomic mass is 35.5. The summed E-state index contributed by atoms with van der Waals surface area (Å²) >= 11 is 10.9. The molecule has 14 heteroatoms. The van der Waals surface area contributed by atoms with Gasteiger partial charge in [-0.05, 0) is 97.7 Å². The molecule has 1 aliphatic rings. The van der Waals surface area contributed by atoms with Gasteiger partial charge in [0.15, 0.2) is 11.5 Å². The highest BCUT2D eigenvalue weighted by Gasteiger charge is 2.41. The number of ether oxygens (including phenoxy) is 2. The minimum Gasteiger partial charge on any atom is -0.487 e. The SMILES string of the molecule is CCC(C)CC(CC)Oc1c(Cl)cc(C(C)(C)c2ccc(OCc3ccnc(NN(C)S)n3)cc2)cc1C#N.CCCc1ccc2c(c1)C(=O)N(C(CCC(=O)CC)C(C)=O)C2=O. The second kappa shape index (κ2) is 23.4. The first kappa shape index (κ1) is 50.4. The molecular formula is C49H61ClN6O6S. The van der Waals surface area contributed by atoms with Crippen molar-refractivity contribution in [1.82, 2.24) is 19.3 Å². The van der Waals surface area contributed by atoms with Crippen molar-refractivity contribution in [2.45, 2.75) is 131 Å². The number of ketones is 2. The van der Waals surface area contributed by atoms with Gasteiger partial charge < -0.3 is 9.47 Å². The molecule has 336 valence electrons.